The summed E-state index contributed by atoms with van der Waals surface area (Å²) in [4.78, 5) is 9.61. The van der Waals surface area contributed by atoms with Crippen molar-refractivity contribution in [2.75, 3.05) is 0 Å². The molecule has 124 valence electrons. The van der Waals surface area contributed by atoms with Crippen LogP contribution in [0, 0.1) is 26.6 Å². The van der Waals surface area contributed by atoms with Gasteiger partial charge in [0.15, 0.2) is 11.6 Å². The number of aryl methyl sites for hydroxylation is 3. The van der Waals surface area contributed by atoms with Gasteiger partial charge in [-0.05, 0) is 55.7 Å². The Morgan fingerprint density at radius 3 is 2.26 bits per heavy atom. The summed E-state index contributed by atoms with van der Waals surface area (Å²) in [6.07, 6.45) is 0. The minimum absolute atomic E-state index is 0.0150. The molecule has 2 rings (SSSR count). The molecule has 0 radical (unpaired) electrons. The quantitative estimate of drug-likeness (QED) is 0.568. The fourth-order valence-electron chi connectivity index (χ4n) is 2.14. The zero-order valence-electron chi connectivity index (χ0n) is 12.7. The Balaban J connectivity index is 2.46. The first-order valence-electron chi connectivity index (χ1n) is 6.65. The van der Waals surface area contributed by atoms with Crippen molar-refractivity contribution in [1.82, 2.24) is 5.25 Å². The third-order valence-corrected chi connectivity index (χ3v) is 5.08. The van der Waals surface area contributed by atoms with Crippen molar-refractivity contribution in [3.05, 3.63) is 51.8 Å². The van der Waals surface area contributed by atoms with Crippen LogP contribution >= 0.6 is 19.1 Å². The molecule has 8 heteroatoms. The summed E-state index contributed by atoms with van der Waals surface area (Å²) < 4.78 is 31.5. The van der Waals surface area contributed by atoms with Gasteiger partial charge in [-0.2, -0.15) is 0 Å². The Morgan fingerprint density at radius 1 is 1.17 bits per heavy atom. The number of hydrogen-bond acceptors (Lipinski definition) is 3. The highest BCUT2D eigenvalue weighted by atomic mass is 35.5. The molecule has 0 fully saturated rings. The molecule has 0 aromatic heterocycles. The van der Waals surface area contributed by atoms with E-state index in [1.54, 1.807) is 26.8 Å². The first-order valence-corrected chi connectivity index (χ1v) is 8.69. The summed E-state index contributed by atoms with van der Waals surface area (Å²) >= 11 is 5.87. The number of nitrogens with one attached hydrogen (secondary N) is 1. The van der Waals surface area contributed by atoms with Crippen LogP contribution in [0.3, 0.4) is 0 Å². The van der Waals surface area contributed by atoms with Crippen molar-refractivity contribution >= 4 is 24.4 Å². The molecule has 1 atom stereocenters. The maximum absolute atomic E-state index is 14.2. The molecule has 5 nitrogen and oxygen atoms in total. The van der Waals surface area contributed by atoms with Crippen LogP contribution in [-0.2, 0) is 4.57 Å². The number of ether oxygens (including phenoxy) is 1. The Bertz CT molecular complexity index is 789. The van der Waals surface area contributed by atoms with E-state index in [0.717, 1.165) is 0 Å². The lowest BCUT2D eigenvalue weighted by molar-refractivity contribution is 0.226. The molecule has 2 aromatic carbocycles. The number of halogens is 2. The molecule has 0 bridgehead atoms. The van der Waals surface area contributed by atoms with Gasteiger partial charge in [0.1, 0.15) is 5.75 Å². The highest BCUT2D eigenvalue weighted by Crippen LogP contribution is 2.38. The standard InChI is InChI=1S/C15H16ClFNO4P/c1-8-4-5-12(14(17)13(8)16)22-15-9(2)6-11(7-10(15)3)23(20,21)18-19/h4-7,19H,1-3H3,(H2,18,20,21). The third-order valence-electron chi connectivity index (χ3n) is 3.38. The van der Waals surface area contributed by atoms with Crippen LogP contribution < -0.4 is 15.3 Å². The van der Waals surface area contributed by atoms with E-state index in [0.29, 0.717) is 22.4 Å². The Labute approximate surface area is 138 Å². The topological polar surface area (TPSA) is 78.8 Å². The van der Waals surface area contributed by atoms with E-state index in [9.17, 15) is 13.8 Å². The predicted molar refractivity (Wildman–Crippen MR) is 86.5 cm³/mol. The van der Waals surface area contributed by atoms with Gasteiger partial charge in [0.2, 0.25) is 0 Å². The van der Waals surface area contributed by atoms with Crippen LogP contribution in [0.2, 0.25) is 5.02 Å². The second kappa shape index (κ2) is 6.59. The van der Waals surface area contributed by atoms with Gasteiger partial charge < -0.3 is 14.8 Å². The summed E-state index contributed by atoms with van der Waals surface area (Å²) in [5, 5.41) is 10.2. The second-order valence-electron chi connectivity index (χ2n) is 5.20. The fourth-order valence-corrected chi connectivity index (χ4v) is 3.15. The van der Waals surface area contributed by atoms with E-state index < -0.39 is 13.3 Å². The Kier molecular flexibility index (Phi) is 5.14. The summed E-state index contributed by atoms with van der Waals surface area (Å²) in [5.74, 6) is -0.350. The maximum atomic E-state index is 14.2. The lowest BCUT2D eigenvalue weighted by atomic mass is 10.1. The summed E-state index contributed by atoms with van der Waals surface area (Å²) in [5.41, 5.74) is 1.62. The van der Waals surface area contributed by atoms with Crippen LogP contribution in [-0.4, -0.2) is 10.1 Å². The van der Waals surface area contributed by atoms with Crippen LogP contribution in [0.25, 0.3) is 0 Å². The van der Waals surface area contributed by atoms with Gasteiger partial charge in [0.25, 0.3) is 0 Å². The van der Waals surface area contributed by atoms with Crippen molar-refractivity contribution in [3.8, 4) is 11.5 Å². The van der Waals surface area contributed by atoms with Gasteiger partial charge >= 0.3 is 7.52 Å². The molecule has 1 unspecified atom stereocenters. The summed E-state index contributed by atoms with van der Waals surface area (Å²) in [7, 11) is -4.05. The third kappa shape index (κ3) is 3.57. The molecule has 0 aliphatic heterocycles. The summed E-state index contributed by atoms with van der Waals surface area (Å²) in [6.45, 7) is 4.98. The zero-order valence-corrected chi connectivity index (χ0v) is 14.4. The molecule has 0 heterocycles. The van der Waals surface area contributed by atoms with Gasteiger partial charge in [-0.25, -0.2) is 4.39 Å². The first kappa shape index (κ1) is 17.9. The largest absolute Gasteiger partial charge is 0.454 e. The Hall–Kier alpha value is -1.43. The van der Waals surface area contributed by atoms with Crippen LogP contribution in [0.15, 0.2) is 24.3 Å². The van der Waals surface area contributed by atoms with E-state index in [1.807, 2.05) is 0 Å². The molecule has 0 saturated heterocycles. The smallest absolute Gasteiger partial charge is 0.319 e. The van der Waals surface area contributed by atoms with Crippen LogP contribution in [0.4, 0.5) is 4.39 Å². The van der Waals surface area contributed by atoms with Gasteiger partial charge in [-0.15, -0.1) is 5.25 Å². The van der Waals surface area contributed by atoms with Crippen LogP contribution in [0.5, 0.6) is 11.5 Å². The predicted octanol–water partition coefficient (Wildman–Crippen LogP) is 3.99. The SMILES string of the molecule is Cc1ccc(Oc2c(C)cc(P(=O)(O)NO)cc2C)c(F)c1Cl. The minimum Gasteiger partial charge on any atom is -0.454 e. The van der Waals surface area contributed by atoms with Gasteiger partial charge in [0, 0.05) is 0 Å². The van der Waals surface area contributed by atoms with Gasteiger partial charge in [0.05, 0.1) is 10.3 Å². The van der Waals surface area contributed by atoms with Gasteiger partial charge in [-0.1, -0.05) is 17.7 Å². The van der Waals surface area contributed by atoms with E-state index in [-0.39, 0.29) is 16.1 Å². The first-order chi connectivity index (χ1) is 10.7. The minimum atomic E-state index is -4.05. The van der Waals surface area contributed by atoms with Crippen molar-refractivity contribution < 1.29 is 23.8 Å². The second-order valence-corrected chi connectivity index (χ2v) is 7.44. The number of benzene rings is 2. The van der Waals surface area contributed by atoms with E-state index in [2.05, 4.69) is 0 Å². The van der Waals surface area contributed by atoms with Crippen LogP contribution in [0.1, 0.15) is 16.7 Å². The highest BCUT2D eigenvalue weighted by molar-refractivity contribution is 7.63. The summed E-state index contributed by atoms with van der Waals surface area (Å²) in [6, 6.07) is 5.88. The number of hydrogen-bond donors (Lipinski definition) is 3. The van der Waals surface area contributed by atoms with Gasteiger partial charge in [-0.3, -0.25) is 4.57 Å². The zero-order chi connectivity index (χ0) is 17.4. The van der Waals surface area contributed by atoms with E-state index >= 15 is 0 Å². The monoisotopic (exact) mass is 359 g/mol. The Morgan fingerprint density at radius 2 is 1.74 bits per heavy atom. The van der Waals surface area contributed by atoms with Crippen molar-refractivity contribution in [1.29, 1.82) is 0 Å². The normalized spacial score (nSPS) is 13.7. The molecule has 0 aliphatic rings. The average molecular weight is 360 g/mol. The van der Waals surface area contributed by atoms with E-state index in [4.69, 9.17) is 21.5 Å². The molecule has 0 amide bonds. The fraction of sp³-hybridized carbons (Fsp3) is 0.200. The average Bonchev–Trinajstić information content (AvgIpc) is 2.50. The molecule has 0 aliphatic carbocycles. The highest BCUT2D eigenvalue weighted by Gasteiger charge is 2.23. The molecule has 0 saturated carbocycles. The maximum Gasteiger partial charge on any atom is 0.319 e. The van der Waals surface area contributed by atoms with E-state index in [1.165, 1.54) is 23.4 Å². The molecule has 23 heavy (non-hydrogen) atoms. The van der Waals surface area contributed by atoms with Crippen molar-refractivity contribution in [2.45, 2.75) is 20.8 Å². The molecule has 2 aromatic rings. The van der Waals surface area contributed by atoms with Crippen molar-refractivity contribution in [2.24, 2.45) is 0 Å². The molecular formula is C15H16ClFNO4P. The van der Waals surface area contributed by atoms with Crippen molar-refractivity contribution in [3.63, 3.8) is 0 Å². The molecular weight excluding hydrogens is 344 g/mol. The molecule has 3 N–H and O–H groups in total. The molecule has 0 spiro atoms. The lowest BCUT2D eigenvalue weighted by Gasteiger charge is -2.16. The lowest BCUT2D eigenvalue weighted by Crippen LogP contribution is -2.16. The number of rotatable bonds is 4.